The van der Waals surface area contributed by atoms with Crippen LogP contribution in [-0.2, 0) is 4.79 Å². The molecule has 86 valence electrons. The van der Waals surface area contributed by atoms with E-state index in [-0.39, 0.29) is 17.3 Å². The van der Waals surface area contributed by atoms with Crippen molar-refractivity contribution in [2.24, 2.45) is 0 Å². The van der Waals surface area contributed by atoms with Crippen LogP contribution in [0.25, 0.3) is 16.8 Å². The number of hydrogen-bond acceptors (Lipinski definition) is 3. The number of rotatable bonds is 2. The van der Waals surface area contributed by atoms with E-state index in [0.717, 1.165) is 10.9 Å². The van der Waals surface area contributed by atoms with Gasteiger partial charge in [0, 0.05) is 11.5 Å². The van der Waals surface area contributed by atoms with Crippen molar-refractivity contribution < 1.29 is 15.0 Å². The van der Waals surface area contributed by atoms with Crippen molar-refractivity contribution in [2.75, 3.05) is 0 Å². The van der Waals surface area contributed by atoms with Crippen LogP contribution >= 0.6 is 0 Å². The van der Waals surface area contributed by atoms with Gasteiger partial charge in [0.1, 0.15) is 11.5 Å². The molecule has 0 aliphatic heterocycles. The first kappa shape index (κ1) is 11.2. The Hall–Kier alpha value is -2.29. The van der Waals surface area contributed by atoms with E-state index in [4.69, 9.17) is 0 Å². The number of carbonyl (C=O) groups excluding carboxylic acids is 1. The van der Waals surface area contributed by atoms with Gasteiger partial charge in [-0.15, -0.1) is 0 Å². The van der Waals surface area contributed by atoms with E-state index < -0.39 is 0 Å². The fraction of sp³-hybridized carbons (Fsp3) is 0.0714. The van der Waals surface area contributed by atoms with Crippen molar-refractivity contribution in [3.05, 3.63) is 42.0 Å². The molecule has 2 aromatic rings. The molecule has 2 aromatic carbocycles. The van der Waals surface area contributed by atoms with Gasteiger partial charge in [-0.1, -0.05) is 18.2 Å². The lowest BCUT2D eigenvalue weighted by molar-refractivity contribution is -0.112. The molecule has 0 spiro atoms. The molecule has 3 heteroatoms. The van der Waals surface area contributed by atoms with E-state index in [9.17, 15) is 15.0 Å². The lowest BCUT2D eigenvalue weighted by atomic mass is 10.1. The summed E-state index contributed by atoms with van der Waals surface area (Å²) in [7, 11) is 0. The maximum atomic E-state index is 10.8. The third-order valence-electron chi connectivity index (χ3n) is 2.45. The number of hydrogen-bond donors (Lipinski definition) is 2. The lowest BCUT2D eigenvalue weighted by Crippen LogP contribution is -1.81. The lowest BCUT2D eigenvalue weighted by Gasteiger charge is -2.03. The largest absolute Gasteiger partial charge is 0.508 e. The van der Waals surface area contributed by atoms with Crippen molar-refractivity contribution in [2.45, 2.75) is 6.92 Å². The summed E-state index contributed by atoms with van der Waals surface area (Å²) in [6, 6.07) is 8.24. The third kappa shape index (κ3) is 2.45. The summed E-state index contributed by atoms with van der Waals surface area (Å²) in [6.07, 6.45) is 3.16. The molecule has 0 heterocycles. The Labute approximate surface area is 98.6 Å². The molecule has 17 heavy (non-hydrogen) atoms. The second-order valence-corrected chi connectivity index (χ2v) is 3.89. The average Bonchev–Trinajstić information content (AvgIpc) is 2.26. The van der Waals surface area contributed by atoms with Crippen LogP contribution < -0.4 is 0 Å². The summed E-state index contributed by atoms with van der Waals surface area (Å²) >= 11 is 0. The molecular weight excluding hydrogens is 216 g/mol. The highest BCUT2D eigenvalue weighted by atomic mass is 16.3. The number of phenols is 2. The number of ketones is 1. The predicted octanol–water partition coefficient (Wildman–Crippen LogP) is 2.85. The van der Waals surface area contributed by atoms with Crippen LogP contribution in [0, 0.1) is 0 Å². The minimum Gasteiger partial charge on any atom is -0.508 e. The Morgan fingerprint density at radius 3 is 2.65 bits per heavy atom. The highest BCUT2D eigenvalue weighted by Crippen LogP contribution is 2.30. The Bertz CT molecular complexity index is 612. The molecule has 0 aliphatic rings. The number of aromatic hydroxyl groups is 2. The Morgan fingerprint density at radius 2 is 1.94 bits per heavy atom. The van der Waals surface area contributed by atoms with Gasteiger partial charge in [0.15, 0.2) is 5.78 Å². The van der Waals surface area contributed by atoms with Gasteiger partial charge < -0.3 is 10.2 Å². The molecule has 2 rings (SSSR count). The van der Waals surface area contributed by atoms with Crippen LogP contribution in [0.2, 0.25) is 0 Å². The van der Waals surface area contributed by atoms with Crippen LogP contribution in [0.5, 0.6) is 11.5 Å². The van der Waals surface area contributed by atoms with Crippen molar-refractivity contribution in [3.8, 4) is 11.5 Å². The van der Waals surface area contributed by atoms with Crippen LogP contribution in [-0.4, -0.2) is 16.0 Å². The van der Waals surface area contributed by atoms with Crippen molar-refractivity contribution >= 4 is 22.6 Å². The minimum absolute atomic E-state index is 0.0260. The fourth-order valence-corrected chi connectivity index (χ4v) is 1.66. The van der Waals surface area contributed by atoms with Crippen molar-refractivity contribution in [3.63, 3.8) is 0 Å². The summed E-state index contributed by atoms with van der Waals surface area (Å²) in [4.78, 5) is 10.8. The zero-order valence-corrected chi connectivity index (χ0v) is 9.34. The molecule has 0 radical (unpaired) electrons. The molecular formula is C14H12O3. The molecule has 0 atom stereocenters. The van der Waals surface area contributed by atoms with Gasteiger partial charge >= 0.3 is 0 Å². The third-order valence-corrected chi connectivity index (χ3v) is 2.45. The molecule has 0 fully saturated rings. The first-order chi connectivity index (χ1) is 8.06. The standard InChI is InChI=1S/C14H12O3/c1-9(15)2-3-10-4-5-11-7-12(16)8-14(17)13(11)6-10/h2-8,16-17H,1H3. The maximum Gasteiger partial charge on any atom is 0.152 e. The highest BCUT2D eigenvalue weighted by Gasteiger charge is 2.02. The predicted molar refractivity (Wildman–Crippen MR) is 67.0 cm³/mol. The number of carbonyl (C=O) groups is 1. The second-order valence-electron chi connectivity index (χ2n) is 3.89. The Kier molecular flexibility index (Phi) is 2.83. The van der Waals surface area contributed by atoms with Gasteiger partial charge in [0.2, 0.25) is 0 Å². The van der Waals surface area contributed by atoms with Gasteiger partial charge in [-0.3, -0.25) is 4.79 Å². The normalized spacial score (nSPS) is 11.1. The van der Waals surface area contributed by atoms with Crippen LogP contribution in [0.3, 0.4) is 0 Å². The van der Waals surface area contributed by atoms with Gasteiger partial charge in [-0.05, 0) is 36.1 Å². The number of phenolic OH excluding ortho intramolecular Hbond substituents is 2. The van der Waals surface area contributed by atoms with E-state index in [1.165, 1.54) is 19.1 Å². The highest BCUT2D eigenvalue weighted by molar-refractivity contribution is 5.94. The molecule has 0 bridgehead atoms. The molecule has 0 saturated heterocycles. The van der Waals surface area contributed by atoms with Gasteiger partial charge in [-0.25, -0.2) is 0 Å². The van der Waals surface area contributed by atoms with Gasteiger partial charge in [0.25, 0.3) is 0 Å². The van der Waals surface area contributed by atoms with Crippen molar-refractivity contribution in [1.82, 2.24) is 0 Å². The number of benzene rings is 2. The maximum absolute atomic E-state index is 10.8. The minimum atomic E-state index is -0.0278. The SMILES string of the molecule is CC(=O)C=Cc1ccc2cc(O)cc(O)c2c1. The van der Waals surface area contributed by atoms with E-state index in [2.05, 4.69) is 0 Å². The summed E-state index contributed by atoms with van der Waals surface area (Å²) in [5, 5.41) is 20.4. The molecule has 0 aliphatic carbocycles. The molecule has 3 nitrogen and oxygen atoms in total. The average molecular weight is 228 g/mol. The van der Waals surface area contributed by atoms with Gasteiger partial charge in [-0.2, -0.15) is 0 Å². The zero-order chi connectivity index (χ0) is 12.4. The quantitative estimate of drug-likeness (QED) is 0.777. The molecule has 0 aromatic heterocycles. The molecule has 2 N–H and O–H groups in total. The topological polar surface area (TPSA) is 57.5 Å². The zero-order valence-electron chi connectivity index (χ0n) is 9.34. The fourth-order valence-electron chi connectivity index (χ4n) is 1.66. The summed E-state index contributed by atoms with van der Waals surface area (Å²) < 4.78 is 0. The van der Waals surface area contributed by atoms with Gasteiger partial charge in [0.05, 0.1) is 0 Å². The molecule has 0 saturated carbocycles. The first-order valence-corrected chi connectivity index (χ1v) is 5.20. The number of allylic oxidation sites excluding steroid dienone is 1. The van der Waals surface area contributed by atoms with Crippen LogP contribution in [0.1, 0.15) is 12.5 Å². The van der Waals surface area contributed by atoms with E-state index >= 15 is 0 Å². The van der Waals surface area contributed by atoms with E-state index in [1.807, 2.05) is 6.07 Å². The Morgan fingerprint density at radius 1 is 1.18 bits per heavy atom. The smallest absolute Gasteiger partial charge is 0.152 e. The van der Waals surface area contributed by atoms with Crippen LogP contribution in [0.15, 0.2) is 36.4 Å². The second kappa shape index (κ2) is 4.29. The van der Waals surface area contributed by atoms with E-state index in [0.29, 0.717) is 5.39 Å². The summed E-state index contributed by atoms with van der Waals surface area (Å²) in [5.74, 6) is 0.0279. The number of fused-ring (bicyclic) bond motifs is 1. The van der Waals surface area contributed by atoms with Crippen molar-refractivity contribution in [1.29, 1.82) is 0 Å². The Balaban J connectivity index is 2.54. The molecule has 0 amide bonds. The van der Waals surface area contributed by atoms with E-state index in [1.54, 1.807) is 24.3 Å². The van der Waals surface area contributed by atoms with Crippen LogP contribution in [0.4, 0.5) is 0 Å². The monoisotopic (exact) mass is 228 g/mol. The first-order valence-electron chi connectivity index (χ1n) is 5.20. The molecule has 0 unspecified atom stereocenters. The summed E-state index contributed by atoms with van der Waals surface area (Å²) in [5.41, 5.74) is 0.827. The summed E-state index contributed by atoms with van der Waals surface area (Å²) in [6.45, 7) is 1.48.